The quantitative estimate of drug-likeness (QED) is 0.855. The van der Waals surface area contributed by atoms with Crippen LogP contribution in [0, 0.1) is 12.7 Å². The van der Waals surface area contributed by atoms with E-state index < -0.39 is 22.0 Å². The van der Waals surface area contributed by atoms with Gasteiger partial charge in [0.05, 0.1) is 11.4 Å². The third-order valence-corrected chi connectivity index (χ3v) is 5.95. The molecule has 2 aromatic carbocycles. The van der Waals surface area contributed by atoms with E-state index in [1.807, 2.05) is 6.07 Å². The lowest BCUT2D eigenvalue weighted by Crippen LogP contribution is -2.34. The van der Waals surface area contributed by atoms with E-state index in [9.17, 15) is 17.6 Å². The standard InChI is InChI=1S/C17H17FN2O3S/c1-12-10-14(8-9-15(12)18)24(22,23)20-11-16(21)19(2)17(20)13-6-4-3-5-7-13/h3-10,17H,11H2,1-2H3. The summed E-state index contributed by atoms with van der Waals surface area (Å²) in [6, 6.07) is 12.6. The molecule has 1 amide bonds. The molecule has 126 valence electrons. The molecule has 1 unspecified atom stereocenters. The Bertz CT molecular complexity index is 884. The molecule has 1 saturated heterocycles. The highest BCUT2D eigenvalue weighted by Crippen LogP contribution is 2.34. The number of sulfonamides is 1. The second-order valence-electron chi connectivity index (χ2n) is 5.75. The molecule has 1 fully saturated rings. The maximum Gasteiger partial charge on any atom is 0.245 e. The van der Waals surface area contributed by atoms with Gasteiger partial charge in [-0.3, -0.25) is 4.79 Å². The number of amides is 1. The molecule has 0 aromatic heterocycles. The van der Waals surface area contributed by atoms with Gasteiger partial charge in [-0.05, 0) is 36.2 Å². The van der Waals surface area contributed by atoms with Crippen molar-refractivity contribution >= 4 is 15.9 Å². The highest BCUT2D eigenvalue weighted by Gasteiger charge is 2.43. The number of halogens is 1. The van der Waals surface area contributed by atoms with Crippen LogP contribution in [-0.2, 0) is 14.8 Å². The summed E-state index contributed by atoms with van der Waals surface area (Å²) in [7, 11) is -2.36. The first-order valence-corrected chi connectivity index (χ1v) is 8.85. The van der Waals surface area contributed by atoms with Crippen molar-refractivity contribution in [1.29, 1.82) is 0 Å². The van der Waals surface area contributed by atoms with Crippen LogP contribution in [0.3, 0.4) is 0 Å². The van der Waals surface area contributed by atoms with Gasteiger partial charge in [0.25, 0.3) is 0 Å². The van der Waals surface area contributed by atoms with Gasteiger partial charge in [0.1, 0.15) is 12.0 Å². The van der Waals surface area contributed by atoms with Gasteiger partial charge in [0, 0.05) is 7.05 Å². The largest absolute Gasteiger partial charge is 0.324 e. The molecule has 0 aliphatic carbocycles. The minimum atomic E-state index is -3.94. The number of hydrogen-bond acceptors (Lipinski definition) is 3. The second kappa shape index (κ2) is 5.99. The van der Waals surface area contributed by atoms with E-state index in [0.29, 0.717) is 5.56 Å². The van der Waals surface area contributed by atoms with Gasteiger partial charge >= 0.3 is 0 Å². The Morgan fingerprint density at radius 2 is 1.79 bits per heavy atom. The molecule has 5 nitrogen and oxygen atoms in total. The Kier molecular flexibility index (Phi) is 4.15. The topological polar surface area (TPSA) is 57.7 Å². The molecule has 24 heavy (non-hydrogen) atoms. The first kappa shape index (κ1) is 16.6. The van der Waals surface area contributed by atoms with Crippen molar-refractivity contribution in [2.24, 2.45) is 0 Å². The number of carbonyl (C=O) groups excluding carboxylic acids is 1. The van der Waals surface area contributed by atoms with E-state index in [0.717, 1.165) is 10.4 Å². The Balaban J connectivity index is 2.08. The molecule has 2 aromatic rings. The number of carbonyl (C=O) groups is 1. The summed E-state index contributed by atoms with van der Waals surface area (Å²) in [6.45, 7) is 1.26. The normalized spacial score (nSPS) is 19.0. The number of nitrogens with zero attached hydrogens (tertiary/aromatic N) is 2. The zero-order valence-electron chi connectivity index (χ0n) is 13.3. The highest BCUT2D eigenvalue weighted by atomic mass is 32.2. The molecule has 7 heteroatoms. The van der Waals surface area contributed by atoms with Crippen LogP contribution < -0.4 is 0 Å². The third kappa shape index (κ3) is 2.70. The zero-order chi connectivity index (χ0) is 17.5. The second-order valence-corrected chi connectivity index (χ2v) is 7.64. The maximum atomic E-state index is 13.5. The summed E-state index contributed by atoms with van der Waals surface area (Å²) >= 11 is 0. The fourth-order valence-corrected chi connectivity index (χ4v) is 4.45. The van der Waals surface area contributed by atoms with Crippen molar-refractivity contribution < 1.29 is 17.6 Å². The van der Waals surface area contributed by atoms with Crippen LogP contribution in [-0.4, -0.2) is 37.1 Å². The van der Waals surface area contributed by atoms with E-state index in [4.69, 9.17) is 0 Å². The number of benzene rings is 2. The Morgan fingerprint density at radius 3 is 2.42 bits per heavy atom. The maximum absolute atomic E-state index is 13.5. The van der Waals surface area contributed by atoms with Crippen LogP contribution in [0.2, 0.25) is 0 Å². The van der Waals surface area contributed by atoms with Gasteiger partial charge in [-0.1, -0.05) is 30.3 Å². The molecular weight excluding hydrogens is 331 g/mol. The Labute approximate surface area is 140 Å². The molecule has 1 heterocycles. The molecule has 1 aliphatic heterocycles. The highest BCUT2D eigenvalue weighted by molar-refractivity contribution is 7.89. The van der Waals surface area contributed by atoms with Crippen LogP contribution in [0.5, 0.6) is 0 Å². The molecule has 0 bridgehead atoms. The van der Waals surface area contributed by atoms with Crippen molar-refractivity contribution in [3.05, 3.63) is 65.5 Å². The molecule has 1 atom stereocenters. The van der Waals surface area contributed by atoms with Crippen LogP contribution in [0.1, 0.15) is 17.3 Å². The van der Waals surface area contributed by atoms with Crippen molar-refractivity contribution in [1.82, 2.24) is 9.21 Å². The summed E-state index contributed by atoms with van der Waals surface area (Å²) in [5.74, 6) is -0.755. The van der Waals surface area contributed by atoms with Crippen molar-refractivity contribution in [3.8, 4) is 0 Å². The van der Waals surface area contributed by atoms with Crippen LogP contribution in [0.25, 0.3) is 0 Å². The van der Waals surface area contributed by atoms with Gasteiger partial charge in [-0.2, -0.15) is 4.31 Å². The Hall–Kier alpha value is -2.25. The predicted octanol–water partition coefficient (Wildman–Crippen LogP) is 2.30. The van der Waals surface area contributed by atoms with Crippen LogP contribution >= 0.6 is 0 Å². The fourth-order valence-electron chi connectivity index (χ4n) is 2.81. The smallest absolute Gasteiger partial charge is 0.245 e. The van der Waals surface area contributed by atoms with Gasteiger partial charge in [-0.15, -0.1) is 0 Å². The first-order valence-electron chi connectivity index (χ1n) is 7.41. The lowest BCUT2D eigenvalue weighted by Gasteiger charge is -2.27. The van der Waals surface area contributed by atoms with E-state index >= 15 is 0 Å². The third-order valence-electron chi connectivity index (χ3n) is 4.16. The average Bonchev–Trinajstić information content (AvgIpc) is 2.87. The van der Waals surface area contributed by atoms with Crippen LogP contribution in [0.4, 0.5) is 4.39 Å². The van der Waals surface area contributed by atoms with Crippen molar-refractivity contribution in [2.45, 2.75) is 18.0 Å². The number of likely N-dealkylation sites (N-methyl/N-ethyl adjacent to an activating group) is 1. The minimum Gasteiger partial charge on any atom is -0.324 e. The zero-order valence-corrected chi connectivity index (χ0v) is 14.1. The monoisotopic (exact) mass is 348 g/mol. The molecule has 0 spiro atoms. The molecule has 0 radical (unpaired) electrons. The SMILES string of the molecule is Cc1cc(S(=O)(=O)N2CC(=O)N(C)C2c2ccccc2)ccc1F. The summed E-state index contributed by atoms with van der Waals surface area (Å²) in [4.78, 5) is 13.5. The van der Waals surface area contributed by atoms with Gasteiger partial charge in [-0.25, -0.2) is 12.8 Å². The van der Waals surface area contributed by atoms with E-state index in [1.54, 1.807) is 31.3 Å². The van der Waals surface area contributed by atoms with Gasteiger partial charge < -0.3 is 4.90 Å². The lowest BCUT2D eigenvalue weighted by atomic mass is 10.2. The van der Waals surface area contributed by atoms with E-state index in [-0.39, 0.29) is 22.9 Å². The summed E-state index contributed by atoms with van der Waals surface area (Å²) < 4.78 is 40.6. The minimum absolute atomic E-state index is 0.0227. The summed E-state index contributed by atoms with van der Waals surface area (Å²) in [5.41, 5.74) is 0.944. The van der Waals surface area contributed by atoms with Gasteiger partial charge in [0.15, 0.2) is 0 Å². The Morgan fingerprint density at radius 1 is 1.12 bits per heavy atom. The van der Waals surface area contributed by atoms with Crippen molar-refractivity contribution in [3.63, 3.8) is 0 Å². The molecular formula is C17H17FN2O3S. The number of aryl methyl sites for hydroxylation is 1. The predicted molar refractivity (Wildman–Crippen MR) is 87.0 cm³/mol. The number of rotatable bonds is 3. The van der Waals surface area contributed by atoms with Crippen molar-refractivity contribution in [2.75, 3.05) is 13.6 Å². The van der Waals surface area contributed by atoms with Gasteiger partial charge in [0.2, 0.25) is 15.9 Å². The fraction of sp³-hybridized carbons (Fsp3) is 0.235. The average molecular weight is 348 g/mol. The molecule has 0 N–H and O–H groups in total. The number of hydrogen-bond donors (Lipinski definition) is 0. The molecule has 1 aliphatic rings. The van der Waals surface area contributed by atoms with E-state index in [1.165, 1.54) is 24.0 Å². The first-order chi connectivity index (χ1) is 11.3. The molecule has 3 rings (SSSR count). The summed E-state index contributed by atoms with van der Waals surface area (Å²) in [5, 5.41) is 0. The van der Waals surface area contributed by atoms with Crippen LogP contribution in [0.15, 0.2) is 53.4 Å². The lowest BCUT2D eigenvalue weighted by molar-refractivity contribution is -0.126. The molecule has 0 saturated carbocycles. The van der Waals surface area contributed by atoms with E-state index in [2.05, 4.69) is 0 Å². The summed E-state index contributed by atoms with van der Waals surface area (Å²) in [6.07, 6.45) is -0.714.